The van der Waals surface area contributed by atoms with Crippen molar-refractivity contribution in [3.05, 3.63) is 47.7 Å². The summed E-state index contributed by atoms with van der Waals surface area (Å²) in [7, 11) is 0. The van der Waals surface area contributed by atoms with E-state index in [2.05, 4.69) is 15.3 Å². The Kier molecular flexibility index (Phi) is 4.64. The van der Waals surface area contributed by atoms with Crippen LogP contribution in [0.25, 0.3) is 0 Å². The van der Waals surface area contributed by atoms with Crippen LogP contribution < -0.4 is 10.2 Å². The maximum atomic E-state index is 13.6. The van der Waals surface area contributed by atoms with Crippen molar-refractivity contribution in [2.75, 3.05) is 23.3 Å². The van der Waals surface area contributed by atoms with Crippen molar-refractivity contribution in [2.45, 2.75) is 19.3 Å². The van der Waals surface area contributed by atoms with Crippen LogP contribution in [0.5, 0.6) is 0 Å². The van der Waals surface area contributed by atoms with Crippen LogP contribution in [0.2, 0.25) is 0 Å². The van der Waals surface area contributed by atoms with E-state index < -0.39 is 29.8 Å². The second-order valence-corrected chi connectivity index (χ2v) is 5.54. The van der Waals surface area contributed by atoms with Gasteiger partial charge in [0.1, 0.15) is 17.8 Å². The minimum atomic E-state index is -1.29. The van der Waals surface area contributed by atoms with E-state index in [1.54, 1.807) is 0 Å². The molecule has 1 saturated heterocycles. The summed E-state index contributed by atoms with van der Waals surface area (Å²) in [5, 5.41) is 2.61. The van der Waals surface area contributed by atoms with E-state index in [0.717, 1.165) is 25.9 Å². The molecule has 0 atom stereocenters. The maximum Gasteiger partial charge on any atom is 0.229 e. The predicted octanol–water partition coefficient (Wildman–Crippen LogP) is 2.68. The summed E-state index contributed by atoms with van der Waals surface area (Å²) >= 11 is 0. The van der Waals surface area contributed by atoms with E-state index in [9.17, 15) is 18.0 Å². The number of aromatic nitrogens is 2. The minimum Gasteiger partial charge on any atom is -0.355 e. The predicted molar refractivity (Wildman–Crippen MR) is 82.1 cm³/mol. The summed E-state index contributed by atoms with van der Waals surface area (Å²) in [6.07, 6.45) is 4.50. The number of hydrogen-bond acceptors (Lipinski definition) is 4. The monoisotopic (exact) mass is 336 g/mol. The zero-order valence-corrected chi connectivity index (χ0v) is 12.7. The number of amides is 1. The zero-order valence-electron chi connectivity index (χ0n) is 12.7. The Balaban J connectivity index is 1.75. The summed E-state index contributed by atoms with van der Waals surface area (Å²) in [5.41, 5.74) is 0.193. The molecule has 2 heterocycles. The van der Waals surface area contributed by atoms with Crippen LogP contribution in [0.1, 0.15) is 18.4 Å². The number of anilines is 2. The van der Waals surface area contributed by atoms with Crippen molar-refractivity contribution in [3.63, 3.8) is 0 Å². The zero-order chi connectivity index (χ0) is 17.1. The van der Waals surface area contributed by atoms with Crippen LogP contribution in [-0.2, 0) is 11.2 Å². The molecule has 0 saturated carbocycles. The summed E-state index contributed by atoms with van der Waals surface area (Å²) in [4.78, 5) is 22.2. The van der Waals surface area contributed by atoms with Crippen molar-refractivity contribution in [2.24, 2.45) is 0 Å². The van der Waals surface area contributed by atoms with Crippen molar-refractivity contribution < 1.29 is 18.0 Å². The Morgan fingerprint density at radius 1 is 1.12 bits per heavy atom. The molecule has 5 nitrogen and oxygen atoms in total. The van der Waals surface area contributed by atoms with Crippen LogP contribution >= 0.6 is 0 Å². The summed E-state index contributed by atoms with van der Waals surface area (Å²) in [6, 6.07) is 1.12. The normalized spacial score (nSPS) is 14.0. The van der Waals surface area contributed by atoms with Crippen molar-refractivity contribution in [1.82, 2.24) is 9.97 Å². The number of nitrogens with one attached hydrogen (secondary N) is 1. The lowest BCUT2D eigenvalue weighted by Gasteiger charge is -2.19. The van der Waals surface area contributed by atoms with E-state index in [-0.39, 0.29) is 5.56 Å². The SMILES string of the molecule is O=C(Cc1cc(F)c(F)cc1F)Nc1cncnc1N1CCCC1. The lowest BCUT2D eigenvalue weighted by atomic mass is 10.1. The second-order valence-electron chi connectivity index (χ2n) is 5.54. The van der Waals surface area contributed by atoms with Crippen LogP contribution in [0.3, 0.4) is 0 Å². The fraction of sp³-hybridized carbons (Fsp3) is 0.312. The Morgan fingerprint density at radius 2 is 1.83 bits per heavy atom. The molecule has 3 rings (SSSR count). The molecular formula is C16H15F3N4O. The lowest BCUT2D eigenvalue weighted by Crippen LogP contribution is -2.23. The van der Waals surface area contributed by atoms with Crippen LogP contribution in [0, 0.1) is 17.5 Å². The van der Waals surface area contributed by atoms with Gasteiger partial charge < -0.3 is 10.2 Å². The first-order valence-electron chi connectivity index (χ1n) is 7.53. The van der Waals surface area contributed by atoms with Crippen molar-refractivity contribution >= 4 is 17.4 Å². The summed E-state index contributed by atoms with van der Waals surface area (Å²) in [5.74, 6) is -3.41. The Morgan fingerprint density at radius 3 is 2.58 bits per heavy atom. The van der Waals surface area contributed by atoms with Gasteiger partial charge in [-0.15, -0.1) is 0 Å². The number of rotatable bonds is 4. The van der Waals surface area contributed by atoms with E-state index in [1.165, 1.54) is 12.5 Å². The smallest absolute Gasteiger partial charge is 0.229 e. The van der Waals surface area contributed by atoms with E-state index >= 15 is 0 Å². The lowest BCUT2D eigenvalue weighted by molar-refractivity contribution is -0.115. The average Bonchev–Trinajstić information content (AvgIpc) is 3.07. The first-order chi connectivity index (χ1) is 11.5. The standard InChI is InChI=1S/C16H15F3N4O/c17-11-7-13(19)12(18)5-10(11)6-15(24)22-14-8-20-9-21-16(14)23-3-1-2-4-23/h5,7-9H,1-4,6H2,(H,22,24). The third-order valence-electron chi connectivity index (χ3n) is 3.81. The fourth-order valence-corrected chi connectivity index (χ4v) is 2.66. The summed E-state index contributed by atoms with van der Waals surface area (Å²) in [6.45, 7) is 1.66. The van der Waals surface area contributed by atoms with Gasteiger partial charge in [0.15, 0.2) is 17.5 Å². The summed E-state index contributed by atoms with van der Waals surface area (Å²) < 4.78 is 39.8. The molecule has 24 heavy (non-hydrogen) atoms. The number of nitrogens with zero attached hydrogens (tertiary/aromatic N) is 3. The largest absolute Gasteiger partial charge is 0.355 e. The van der Waals surface area contributed by atoms with Gasteiger partial charge in [-0.2, -0.15) is 0 Å². The second kappa shape index (κ2) is 6.86. The molecule has 1 aliphatic heterocycles. The van der Waals surface area contributed by atoms with Gasteiger partial charge >= 0.3 is 0 Å². The molecule has 126 valence electrons. The van der Waals surface area contributed by atoms with Gasteiger partial charge in [-0.1, -0.05) is 0 Å². The Bertz CT molecular complexity index is 763. The first kappa shape index (κ1) is 16.2. The fourth-order valence-electron chi connectivity index (χ4n) is 2.66. The highest BCUT2D eigenvalue weighted by Crippen LogP contribution is 2.25. The van der Waals surface area contributed by atoms with Gasteiger partial charge in [0, 0.05) is 24.7 Å². The quantitative estimate of drug-likeness (QED) is 0.872. The van der Waals surface area contributed by atoms with Gasteiger partial charge in [-0.05, 0) is 18.9 Å². The Labute approximate surface area is 136 Å². The number of halogens is 3. The molecule has 1 aromatic heterocycles. The molecule has 1 aliphatic rings. The number of hydrogen-bond donors (Lipinski definition) is 1. The molecule has 0 bridgehead atoms. The minimum absolute atomic E-state index is 0.217. The molecule has 0 spiro atoms. The van der Waals surface area contributed by atoms with Gasteiger partial charge in [0.05, 0.1) is 12.6 Å². The molecule has 0 unspecified atom stereocenters. The van der Waals surface area contributed by atoms with Crippen LogP contribution in [0.15, 0.2) is 24.7 Å². The highest BCUT2D eigenvalue weighted by molar-refractivity contribution is 5.94. The van der Waals surface area contributed by atoms with Crippen molar-refractivity contribution in [1.29, 1.82) is 0 Å². The number of benzene rings is 1. The van der Waals surface area contributed by atoms with E-state index in [1.807, 2.05) is 4.90 Å². The van der Waals surface area contributed by atoms with Crippen LogP contribution in [0.4, 0.5) is 24.7 Å². The first-order valence-corrected chi connectivity index (χ1v) is 7.53. The topological polar surface area (TPSA) is 58.1 Å². The molecule has 2 aromatic rings. The third kappa shape index (κ3) is 3.47. The Hall–Kier alpha value is -2.64. The average molecular weight is 336 g/mol. The molecule has 1 amide bonds. The van der Waals surface area contributed by atoms with Gasteiger partial charge in [-0.25, -0.2) is 23.1 Å². The van der Waals surface area contributed by atoms with Crippen LogP contribution in [-0.4, -0.2) is 29.0 Å². The molecule has 0 radical (unpaired) electrons. The molecule has 0 aliphatic carbocycles. The highest BCUT2D eigenvalue weighted by atomic mass is 19.2. The van der Waals surface area contributed by atoms with E-state index in [4.69, 9.17) is 0 Å². The van der Waals surface area contributed by atoms with Gasteiger partial charge in [0.2, 0.25) is 5.91 Å². The molecule has 8 heteroatoms. The molecule has 1 N–H and O–H groups in total. The molecular weight excluding hydrogens is 321 g/mol. The molecule has 1 fully saturated rings. The number of carbonyl (C=O) groups excluding carboxylic acids is 1. The third-order valence-corrected chi connectivity index (χ3v) is 3.81. The van der Waals surface area contributed by atoms with Gasteiger partial charge in [-0.3, -0.25) is 4.79 Å². The van der Waals surface area contributed by atoms with Gasteiger partial charge in [0.25, 0.3) is 0 Å². The molecule has 1 aromatic carbocycles. The van der Waals surface area contributed by atoms with Crippen molar-refractivity contribution in [3.8, 4) is 0 Å². The van der Waals surface area contributed by atoms with E-state index in [0.29, 0.717) is 23.6 Å². The number of carbonyl (C=O) groups is 1. The highest BCUT2D eigenvalue weighted by Gasteiger charge is 2.19. The maximum absolute atomic E-state index is 13.6.